The first kappa shape index (κ1) is 19.4. The highest BCUT2D eigenvalue weighted by molar-refractivity contribution is 5.80. The van der Waals surface area contributed by atoms with Crippen molar-refractivity contribution in [2.45, 2.75) is 26.5 Å². The van der Waals surface area contributed by atoms with E-state index in [0.29, 0.717) is 6.54 Å². The molecule has 27 heavy (non-hydrogen) atoms. The molecule has 1 unspecified atom stereocenters. The second-order valence-electron chi connectivity index (χ2n) is 6.88. The molecule has 2 aromatic rings. The summed E-state index contributed by atoms with van der Waals surface area (Å²) in [6.07, 6.45) is 1.02. The van der Waals surface area contributed by atoms with Gasteiger partial charge in [-0.1, -0.05) is 35.0 Å². The van der Waals surface area contributed by atoms with Crippen LogP contribution in [0.3, 0.4) is 0 Å². The van der Waals surface area contributed by atoms with E-state index in [4.69, 9.17) is 4.52 Å². The lowest BCUT2D eigenvalue weighted by Crippen LogP contribution is -2.52. The van der Waals surface area contributed by atoms with E-state index in [1.807, 2.05) is 37.3 Å². The van der Waals surface area contributed by atoms with Crippen LogP contribution in [0, 0.1) is 6.92 Å². The van der Waals surface area contributed by atoms with Crippen molar-refractivity contribution in [2.75, 3.05) is 39.3 Å². The molecule has 1 saturated heterocycles. The van der Waals surface area contributed by atoms with Gasteiger partial charge < -0.3 is 19.8 Å². The molecule has 1 aromatic heterocycles. The number of aromatic nitrogens is 1. The lowest BCUT2D eigenvalue weighted by Gasteiger charge is -2.36. The number of aryl methyl sites for hydroxylation is 1. The second-order valence-corrected chi connectivity index (χ2v) is 6.88. The van der Waals surface area contributed by atoms with Crippen LogP contribution in [0.5, 0.6) is 0 Å². The highest BCUT2D eigenvalue weighted by atomic mass is 16.5. The maximum absolute atomic E-state index is 10.5. The Bertz CT molecular complexity index is 724. The number of hydrogen-bond donors (Lipinski definition) is 2. The number of aliphatic imine (C=N–C) groups is 1. The molecule has 1 fully saturated rings. The average molecular weight is 371 g/mol. The largest absolute Gasteiger partial charge is 0.386 e. The number of rotatable bonds is 6. The predicted molar refractivity (Wildman–Crippen MR) is 105 cm³/mol. The summed E-state index contributed by atoms with van der Waals surface area (Å²) < 4.78 is 4.91. The molecular formula is C20H29N5O2. The number of hydrogen-bond acceptors (Lipinski definition) is 5. The fourth-order valence-electron chi connectivity index (χ4n) is 3.25. The Morgan fingerprint density at radius 3 is 2.78 bits per heavy atom. The molecule has 0 spiro atoms. The Morgan fingerprint density at radius 1 is 1.30 bits per heavy atom. The van der Waals surface area contributed by atoms with Gasteiger partial charge in [-0.05, 0) is 19.4 Å². The minimum absolute atomic E-state index is 0.352. The topological polar surface area (TPSA) is 77.1 Å². The zero-order chi connectivity index (χ0) is 19.1. The van der Waals surface area contributed by atoms with Gasteiger partial charge in [0, 0.05) is 45.3 Å². The minimum atomic E-state index is -0.591. The normalized spacial score (nSPS) is 17.1. The van der Waals surface area contributed by atoms with Crippen LogP contribution in [0.4, 0.5) is 0 Å². The van der Waals surface area contributed by atoms with Crippen molar-refractivity contribution in [1.29, 1.82) is 0 Å². The lowest BCUT2D eigenvalue weighted by atomic mass is 10.1. The van der Waals surface area contributed by atoms with Gasteiger partial charge in [-0.3, -0.25) is 9.89 Å². The molecule has 2 heterocycles. The SMILES string of the molecule is CCNC(=NCC(O)c1cccc(C)c1)N1CCN(Cc2ccon2)CC1. The Hall–Kier alpha value is -2.38. The minimum Gasteiger partial charge on any atom is -0.386 e. The summed E-state index contributed by atoms with van der Waals surface area (Å²) in [4.78, 5) is 9.30. The highest BCUT2D eigenvalue weighted by Crippen LogP contribution is 2.15. The third kappa shape index (κ3) is 5.55. The maximum Gasteiger partial charge on any atom is 0.194 e. The van der Waals surface area contributed by atoms with Crippen LogP contribution in [-0.4, -0.2) is 65.3 Å². The third-order valence-corrected chi connectivity index (χ3v) is 4.72. The van der Waals surface area contributed by atoms with Crippen molar-refractivity contribution in [2.24, 2.45) is 4.99 Å². The quantitative estimate of drug-likeness (QED) is 0.596. The van der Waals surface area contributed by atoms with E-state index in [2.05, 4.69) is 32.2 Å². The zero-order valence-electron chi connectivity index (χ0n) is 16.1. The van der Waals surface area contributed by atoms with Crippen LogP contribution in [0.25, 0.3) is 0 Å². The van der Waals surface area contributed by atoms with Crippen LogP contribution >= 0.6 is 0 Å². The van der Waals surface area contributed by atoms with E-state index in [1.54, 1.807) is 6.26 Å². The Balaban J connectivity index is 1.56. The first-order chi connectivity index (χ1) is 13.2. The summed E-state index contributed by atoms with van der Waals surface area (Å²) in [5, 5.41) is 17.8. The predicted octanol–water partition coefficient (Wildman–Crippen LogP) is 1.80. The van der Waals surface area contributed by atoms with Crippen LogP contribution in [0.15, 0.2) is 46.1 Å². The summed E-state index contributed by atoms with van der Waals surface area (Å²) in [7, 11) is 0. The molecule has 0 saturated carbocycles. The first-order valence-electron chi connectivity index (χ1n) is 9.55. The number of piperazine rings is 1. The van der Waals surface area contributed by atoms with Crippen molar-refractivity contribution < 1.29 is 9.63 Å². The molecule has 1 aromatic carbocycles. The van der Waals surface area contributed by atoms with Gasteiger partial charge in [-0.15, -0.1) is 0 Å². The number of nitrogens with zero attached hydrogens (tertiary/aromatic N) is 4. The Kier molecular flexibility index (Phi) is 6.84. The molecule has 0 bridgehead atoms. The molecule has 0 aliphatic carbocycles. The molecule has 0 amide bonds. The van der Waals surface area contributed by atoms with Gasteiger partial charge in [0.05, 0.1) is 18.3 Å². The van der Waals surface area contributed by atoms with Crippen LogP contribution in [-0.2, 0) is 6.54 Å². The number of benzene rings is 1. The molecular weight excluding hydrogens is 342 g/mol. The fourth-order valence-corrected chi connectivity index (χ4v) is 3.25. The Morgan fingerprint density at radius 2 is 2.11 bits per heavy atom. The summed E-state index contributed by atoms with van der Waals surface area (Å²) >= 11 is 0. The Labute approximate surface area is 160 Å². The van der Waals surface area contributed by atoms with E-state index < -0.39 is 6.10 Å². The van der Waals surface area contributed by atoms with E-state index in [-0.39, 0.29) is 0 Å². The molecule has 2 N–H and O–H groups in total. The monoisotopic (exact) mass is 371 g/mol. The molecule has 1 aliphatic heterocycles. The van der Waals surface area contributed by atoms with Crippen molar-refractivity contribution in [3.63, 3.8) is 0 Å². The van der Waals surface area contributed by atoms with Gasteiger partial charge in [0.25, 0.3) is 0 Å². The highest BCUT2D eigenvalue weighted by Gasteiger charge is 2.20. The van der Waals surface area contributed by atoms with Gasteiger partial charge in [0.15, 0.2) is 5.96 Å². The van der Waals surface area contributed by atoms with Gasteiger partial charge in [-0.2, -0.15) is 0 Å². The van der Waals surface area contributed by atoms with E-state index >= 15 is 0 Å². The summed E-state index contributed by atoms with van der Waals surface area (Å²) in [5.41, 5.74) is 3.02. The van der Waals surface area contributed by atoms with Gasteiger partial charge in [-0.25, -0.2) is 0 Å². The average Bonchev–Trinajstić information content (AvgIpc) is 3.18. The third-order valence-electron chi connectivity index (χ3n) is 4.72. The molecule has 7 heteroatoms. The first-order valence-corrected chi connectivity index (χ1v) is 9.55. The second kappa shape index (κ2) is 9.53. The molecule has 1 atom stereocenters. The van der Waals surface area contributed by atoms with Gasteiger partial charge in [0.1, 0.15) is 6.26 Å². The van der Waals surface area contributed by atoms with Gasteiger partial charge >= 0.3 is 0 Å². The lowest BCUT2D eigenvalue weighted by molar-refractivity contribution is 0.166. The zero-order valence-corrected chi connectivity index (χ0v) is 16.1. The van der Waals surface area contributed by atoms with E-state index in [1.165, 1.54) is 0 Å². The van der Waals surface area contributed by atoms with Crippen LogP contribution < -0.4 is 5.32 Å². The number of nitrogens with one attached hydrogen (secondary N) is 1. The maximum atomic E-state index is 10.5. The standard InChI is InChI=1S/C20H29N5O2/c1-3-21-20(22-14-19(26)17-6-4-5-16(2)13-17)25-10-8-24(9-11-25)15-18-7-12-27-23-18/h4-7,12-13,19,26H,3,8-11,14-15H2,1-2H3,(H,21,22). The van der Waals surface area contributed by atoms with Crippen molar-refractivity contribution in [1.82, 2.24) is 20.3 Å². The van der Waals surface area contributed by atoms with Crippen LogP contribution in [0.1, 0.15) is 29.8 Å². The van der Waals surface area contributed by atoms with Crippen LogP contribution in [0.2, 0.25) is 0 Å². The van der Waals surface area contributed by atoms with E-state index in [9.17, 15) is 5.11 Å². The molecule has 3 rings (SSSR count). The van der Waals surface area contributed by atoms with Crippen molar-refractivity contribution in [3.05, 3.63) is 53.4 Å². The smallest absolute Gasteiger partial charge is 0.194 e. The number of guanidine groups is 1. The molecule has 146 valence electrons. The molecule has 1 aliphatic rings. The molecule has 0 radical (unpaired) electrons. The molecule has 7 nitrogen and oxygen atoms in total. The summed E-state index contributed by atoms with van der Waals surface area (Å²) in [5.74, 6) is 0.866. The number of aliphatic hydroxyl groups is 1. The fraction of sp³-hybridized carbons (Fsp3) is 0.500. The summed E-state index contributed by atoms with van der Waals surface area (Å²) in [6, 6.07) is 9.86. The van der Waals surface area contributed by atoms with E-state index in [0.717, 1.165) is 62.0 Å². The number of aliphatic hydroxyl groups excluding tert-OH is 1. The van der Waals surface area contributed by atoms with Crippen molar-refractivity contribution in [3.8, 4) is 0 Å². The van der Waals surface area contributed by atoms with Gasteiger partial charge in [0.2, 0.25) is 0 Å². The summed E-state index contributed by atoms with van der Waals surface area (Å²) in [6.45, 7) is 9.73. The van der Waals surface area contributed by atoms with Crippen molar-refractivity contribution >= 4 is 5.96 Å².